The van der Waals surface area contributed by atoms with Crippen molar-refractivity contribution < 1.29 is 37.3 Å². The highest BCUT2D eigenvalue weighted by Crippen LogP contribution is 2.38. The number of phosphoric ester groups is 1. The van der Waals surface area contributed by atoms with E-state index in [0.717, 1.165) is 44.9 Å². The number of ether oxygens (including phenoxy) is 2. The summed E-state index contributed by atoms with van der Waals surface area (Å²) in [7, 11) is 1.36. The maximum atomic E-state index is 12.7. The number of likely N-dealkylation sites (N-methyl/N-ethyl adjacent to an activating group) is 1. The molecule has 0 aliphatic rings. The fourth-order valence-electron chi connectivity index (χ4n) is 7.60. The van der Waals surface area contributed by atoms with Gasteiger partial charge in [0, 0.05) is 13.0 Å². The Balaban J connectivity index is 4.02. The molecule has 2 unspecified atom stereocenters. The molecule has 0 aromatic rings. The van der Waals surface area contributed by atoms with E-state index in [4.69, 9.17) is 18.5 Å². The number of allylic oxidation sites excluding steroid dienone is 4. The summed E-state index contributed by atoms with van der Waals surface area (Å²) < 4.78 is 34.7. The molecule has 0 fully saturated rings. The Bertz CT molecular complexity index is 1050. The lowest BCUT2D eigenvalue weighted by Crippen LogP contribution is -2.37. The van der Waals surface area contributed by atoms with Gasteiger partial charge in [0.1, 0.15) is 19.3 Å². The molecule has 2 atom stereocenters. The molecular weight excluding hydrogens is 794 g/mol. The lowest BCUT2D eigenvalue weighted by atomic mass is 10.0. The maximum Gasteiger partial charge on any atom is 0.306 e. The first-order valence-corrected chi connectivity index (χ1v) is 28.0. The first kappa shape index (κ1) is 61.0. The molecule has 9 heteroatoms. The standard InChI is InChI=1S/C53H104NO7P/c1-6-8-10-12-14-16-18-20-22-23-24-25-26-27-28-29-30-31-32-33-35-37-39-41-43-45-48-58-50-52(51-60-62(56,57)59-49-47-54(3,4)5)61-53(55)46-44-42-40-38-36-34-21-19-17-15-13-11-9-7-2/h19,21,23-24,52H,6-18,20,22,25-51H2,1-5H3/b21-19-,24-23-. The molecule has 62 heavy (non-hydrogen) atoms. The summed E-state index contributed by atoms with van der Waals surface area (Å²) in [5.74, 6) is -0.339. The van der Waals surface area contributed by atoms with Crippen molar-refractivity contribution in [2.24, 2.45) is 0 Å². The smallest absolute Gasteiger partial charge is 0.306 e. The van der Waals surface area contributed by atoms with Crippen LogP contribution in [0.15, 0.2) is 24.3 Å². The van der Waals surface area contributed by atoms with Crippen molar-refractivity contribution >= 4 is 13.8 Å². The maximum absolute atomic E-state index is 12.7. The Labute approximate surface area is 385 Å². The number of carbonyl (C=O) groups excluding carboxylic acids is 1. The van der Waals surface area contributed by atoms with Crippen molar-refractivity contribution in [2.45, 2.75) is 258 Å². The minimum Gasteiger partial charge on any atom is -0.756 e. The average Bonchev–Trinajstić information content (AvgIpc) is 3.23. The first-order chi connectivity index (χ1) is 30.1. The van der Waals surface area contributed by atoms with Crippen LogP contribution in [0.5, 0.6) is 0 Å². The van der Waals surface area contributed by atoms with E-state index in [-0.39, 0.29) is 25.8 Å². The lowest BCUT2D eigenvalue weighted by Gasteiger charge is -2.28. The summed E-state index contributed by atoms with van der Waals surface area (Å²) in [6.45, 7) is 5.43. The molecule has 0 aliphatic carbocycles. The van der Waals surface area contributed by atoms with Gasteiger partial charge in [-0.25, -0.2) is 0 Å². The van der Waals surface area contributed by atoms with Gasteiger partial charge in [0.05, 0.1) is 34.4 Å². The number of rotatable bonds is 50. The quantitative estimate of drug-likeness (QED) is 0.0197. The van der Waals surface area contributed by atoms with E-state index in [9.17, 15) is 14.3 Å². The van der Waals surface area contributed by atoms with E-state index >= 15 is 0 Å². The molecule has 0 radical (unpaired) electrons. The Hall–Kier alpha value is -1.02. The predicted molar refractivity (Wildman–Crippen MR) is 264 cm³/mol. The van der Waals surface area contributed by atoms with Crippen LogP contribution in [0.4, 0.5) is 0 Å². The van der Waals surface area contributed by atoms with Crippen LogP contribution >= 0.6 is 7.82 Å². The minimum atomic E-state index is -4.53. The van der Waals surface area contributed by atoms with Gasteiger partial charge in [-0.1, -0.05) is 205 Å². The van der Waals surface area contributed by atoms with E-state index in [1.807, 2.05) is 21.1 Å². The highest BCUT2D eigenvalue weighted by Gasteiger charge is 2.20. The number of hydrogen-bond donors (Lipinski definition) is 0. The van der Waals surface area contributed by atoms with Crippen molar-refractivity contribution in [3.05, 3.63) is 24.3 Å². The molecule has 0 aliphatic heterocycles. The third-order valence-electron chi connectivity index (χ3n) is 11.7. The van der Waals surface area contributed by atoms with Gasteiger partial charge in [-0.05, 0) is 64.2 Å². The molecule has 0 heterocycles. The fraction of sp³-hybridized carbons (Fsp3) is 0.906. The molecule has 0 aromatic heterocycles. The van der Waals surface area contributed by atoms with Crippen LogP contribution in [-0.4, -0.2) is 70.7 Å². The van der Waals surface area contributed by atoms with Crippen LogP contribution in [-0.2, 0) is 27.9 Å². The van der Waals surface area contributed by atoms with E-state index < -0.39 is 13.9 Å². The van der Waals surface area contributed by atoms with E-state index in [1.54, 1.807) is 0 Å². The van der Waals surface area contributed by atoms with Gasteiger partial charge in [-0.2, -0.15) is 0 Å². The molecule has 0 rings (SSSR count). The van der Waals surface area contributed by atoms with Gasteiger partial charge in [-0.3, -0.25) is 9.36 Å². The zero-order chi connectivity index (χ0) is 45.5. The van der Waals surface area contributed by atoms with Crippen LogP contribution < -0.4 is 4.89 Å². The van der Waals surface area contributed by atoms with Gasteiger partial charge < -0.3 is 27.9 Å². The third-order valence-corrected chi connectivity index (χ3v) is 12.7. The fourth-order valence-corrected chi connectivity index (χ4v) is 8.33. The number of hydrogen-bond acceptors (Lipinski definition) is 7. The highest BCUT2D eigenvalue weighted by molar-refractivity contribution is 7.45. The Morgan fingerprint density at radius 2 is 0.839 bits per heavy atom. The van der Waals surface area contributed by atoms with E-state index in [1.165, 1.54) is 186 Å². The van der Waals surface area contributed by atoms with Gasteiger partial charge >= 0.3 is 5.97 Å². The van der Waals surface area contributed by atoms with Crippen LogP contribution in [0, 0.1) is 0 Å². The Morgan fingerprint density at radius 3 is 1.23 bits per heavy atom. The predicted octanol–water partition coefficient (Wildman–Crippen LogP) is 15.7. The Kier molecular flexibility index (Phi) is 45.7. The normalized spacial score (nSPS) is 13.7. The first-order valence-electron chi connectivity index (χ1n) is 26.6. The summed E-state index contributed by atoms with van der Waals surface area (Å²) in [6, 6.07) is 0. The largest absolute Gasteiger partial charge is 0.756 e. The average molecular weight is 898 g/mol. The van der Waals surface area contributed by atoms with E-state index in [0.29, 0.717) is 24.1 Å². The number of carbonyl (C=O) groups is 1. The van der Waals surface area contributed by atoms with E-state index in [2.05, 4.69) is 38.2 Å². The molecule has 0 saturated heterocycles. The summed E-state index contributed by atoms with van der Waals surface area (Å²) in [4.78, 5) is 25.1. The van der Waals surface area contributed by atoms with Crippen LogP contribution in [0.25, 0.3) is 0 Å². The van der Waals surface area contributed by atoms with Crippen molar-refractivity contribution in [1.82, 2.24) is 0 Å². The highest BCUT2D eigenvalue weighted by atomic mass is 31.2. The zero-order valence-corrected chi connectivity index (χ0v) is 42.7. The summed E-state index contributed by atoms with van der Waals surface area (Å²) in [5.41, 5.74) is 0. The number of unbranched alkanes of at least 4 members (excludes halogenated alkanes) is 32. The minimum absolute atomic E-state index is 0.0265. The molecule has 0 bridgehead atoms. The Morgan fingerprint density at radius 1 is 0.484 bits per heavy atom. The third kappa shape index (κ3) is 50.0. The topological polar surface area (TPSA) is 94.1 Å². The van der Waals surface area contributed by atoms with Crippen LogP contribution in [0.2, 0.25) is 0 Å². The second-order valence-corrected chi connectivity index (χ2v) is 20.6. The van der Waals surface area contributed by atoms with Crippen LogP contribution in [0.3, 0.4) is 0 Å². The summed E-state index contributed by atoms with van der Waals surface area (Å²) >= 11 is 0. The van der Waals surface area contributed by atoms with Gasteiger partial charge in [-0.15, -0.1) is 0 Å². The zero-order valence-electron chi connectivity index (χ0n) is 41.8. The molecule has 0 aromatic carbocycles. The number of quaternary nitrogens is 1. The molecule has 0 saturated carbocycles. The number of phosphoric acid groups is 1. The second-order valence-electron chi connectivity index (χ2n) is 19.2. The molecule has 0 spiro atoms. The molecular formula is C53H104NO7P. The number of nitrogens with zero attached hydrogens (tertiary/aromatic N) is 1. The van der Waals surface area contributed by atoms with Crippen LogP contribution in [0.1, 0.15) is 251 Å². The second kappa shape index (κ2) is 46.5. The van der Waals surface area contributed by atoms with Gasteiger partial charge in [0.2, 0.25) is 0 Å². The molecule has 0 amide bonds. The summed E-state index contributed by atoms with van der Waals surface area (Å²) in [6.07, 6.45) is 55.0. The SMILES string of the molecule is CCCCCCC/C=C\CCCCCCCC(=O)OC(COCCCCCCCCCCCCCCCC/C=C\CCCCCCCCCC)COP(=O)([O-])OCC[N+](C)(C)C. The van der Waals surface area contributed by atoms with Crippen molar-refractivity contribution in [3.8, 4) is 0 Å². The van der Waals surface area contributed by atoms with Crippen molar-refractivity contribution in [1.29, 1.82) is 0 Å². The lowest BCUT2D eigenvalue weighted by molar-refractivity contribution is -0.870. The monoisotopic (exact) mass is 898 g/mol. The summed E-state index contributed by atoms with van der Waals surface area (Å²) in [5, 5.41) is 0. The van der Waals surface area contributed by atoms with Crippen molar-refractivity contribution in [3.63, 3.8) is 0 Å². The van der Waals surface area contributed by atoms with Gasteiger partial charge in [0.15, 0.2) is 0 Å². The molecule has 368 valence electrons. The van der Waals surface area contributed by atoms with Gasteiger partial charge in [0.25, 0.3) is 7.82 Å². The molecule has 8 nitrogen and oxygen atoms in total. The molecule has 0 N–H and O–H groups in total. The van der Waals surface area contributed by atoms with Crippen molar-refractivity contribution in [2.75, 3.05) is 54.1 Å². The number of esters is 1.